The van der Waals surface area contributed by atoms with Crippen molar-refractivity contribution in [2.45, 2.75) is 6.42 Å². The second kappa shape index (κ2) is 5.89. The lowest BCUT2D eigenvalue weighted by molar-refractivity contribution is 0.0593. The maximum absolute atomic E-state index is 11.2. The predicted octanol–water partition coefficient (Wildman–Crippen LogP) is 0.0463. The van der Waals surface area contributed by atoms with Crippen molar-refractivity contribution in [2.75, 3.05) is 19.0 Å². The van der Waals surface area contributed by atoms with E-state index in [4.69, 9.17) is 0 Å². The van der Waals surface area contributed by atoms with Crippen molar-refractivity contribution in [3.8, 4) is 0 Å². The van der Waals surface area contributed by atoms with Gasteiger partial charge in [0.2, 0.25) is 0 Å². The Morgan fingerprint density at radius 3 is 2.84 bits per heavy atom. The summed E-state index contributed by atoms with van der Waals surface area (Å²) >= 11 is 0. The third kappa shape index (κ3) is 3.47. The summed E-state index contributed by atoms with van der Waals surface area (Å²) < 4.78 is 6.19. The van der Waals surface area contributed by atoms with Gasteiger partial charge in [0.1, 0.15) is 12.1 Å². The van der Waals surface area contributed by atoms with Crippen LogP contribution in [0.15, 0.2) is 18.5 Å². The number of ether oxygens (including phenoxy) is 1. The molecule has 2 rings (SSSR count). The maximum Gasteiger partial charge on any atom is 0.358 e. The number of aryl methyl sites for hydroxylation is 1. The number of nitrogens with one attached hydrogen (secondary N) is 1. The van der Waals surface area contributed by atoms with Crippen LogP contribution in [0, 0.1) is 0 Å². The van der Waals surface area contributed by atoms with Gasteiger partial charge in [0.25, 0.3) is 0 Å². The average Bonchev–Trinajstić information content (AvgIpc) is 2.84. The molecule has 0 aliphatic heterocycles. The Kier molecular flexibility index (Phi) is 4.01. The van der Waals surface area contributed by atoms with Crippen LogP contribution in [0.4, 0.5) is 5.82 Å². The van der Waals surface area contributed by atoms with E-state index in [1.807, 2.05) is 7.05 Å². The molecule has 1 N–H and O–H groups in total. The predicted molar refractivity (Wildman–Crippen MR) is 66.6 cm³/mol. The lowest BCUT2D eigenvalue weighted by Gasteiger charge is -2.03. The van der Waals surface area contributed by atoms with Gasteiger partial charge in [0, 0.05) is 20.0 Å². The Labute approximate surface area is 109 Å². The molecule has 0 saturated carbocycles. The first-order valence-corrected chi connectivity index (χ1v) is 5.69. The van der Waals surface area contributed by atoms with Crippen molar-refractivity contribution in [3.05, 3.63) is 30.0 Å². The summed E-state index contributed by atoms with van der Waals surface area (Å²) in [6.45, 7) is 0.635. The molecule has 0 fully saturated rings. The highest BCUT2D eigenvalue weighted by molar-refractivity contribution is 5.86. The van der Waals surface area contributed by atoms with Gasteiger partial charge < -0.3 is 10.1 Å². The van der Waals surface area contributed by atoms with Crippen LogP contribution >= 0.6 is 0 Å². The van der Waals surface area contributed by atoms with Crippen molar-refractivity contribution in [1.29, 1.82) is 0 Å². The average molecular weight is 262 g/mol. The van der Waals surface area contributed by atoms with E-state index in [0.29, 0.717) is 18.8 Å². The highest BCUT2D eigenvalue weighted by Crippen LogP contribution is 2.03. The van der Waals surface area contributed by atoms with E-state index in [1.54, 1.807) is 23.1 Å². The maximum atomic E-state index is 11.2. The summed E-state index contributed by atoms with van der Waals surface area (Å²) in [5.74, 6) is 0.842. The number of methoxy groups -OCH3 is 1. The summed E-state index contributed by atoms with van der Waals surface area (Å²) in [7, 11) is 3.12. The van der Waals surface area contributed by atoms with E-state index in [2.05, 4.69) is 30.3 Å². The highest BCUT2D eigenvalue weighted by atomic mass is 16.5. The first-order valence-electron chi connectivity index (χ1n) is 5.69. The van der Waals surface area contributed by atoms with Crippen LogP contribution in [-0.4, -0.2) is 44.6 Å². The van der Waals surface area contributed by atoms with E-state index in [9.17, 15) is 4.79 Å². The lowest BCUT2D eigenvalue weighted by atomic mass is 10.3. The van der Waals surface area contributed by atoms with Crippen LogP contribution in [-0.2, 0) is 18.2 Å². The monoisotopic (exact) mass is 262 g/mol. The molecule has 0 radical (unpaired) electrons. The molecule has 2 heterocycles. The van der Waals surface area contributed by atoms with E-state index >= 15 is 0 Å². The Morgan fingerprint density at radius 1 is 1.42 bits per heavy atom. The Morgan fingerprint density at radius 2 is 2.26 bits per heavy atom. The second-order valence-corrected chi connectivity index (χ2v) is 3.81. The van der Waals surface area contributed by atoms with Crippen LogP contribution in [0.2, 0.25) is 0 Å². The van der Waals surface area contributed by atoms with Crippen molar-refractivity contribution >= 4 is 11.8 Å². The summed E-state index contributed by atoms with van der Waals surface area (Å²) in [6.07, 6.45) is 2.33. The zero-order valence-corrected chi connectivity index (χ0v) is 10.7. The fourth-order valence-electron chi connectivity index (χ4n) is 1.44. The number of carbonyl (C=O) groups is 1. The second-order valence-electron chi connectivity index (χ2n) is 3.81. The third-order valence-electron chi connectivity index (χ3n) is 2.36. The Bertz CT molecular complexity index is 551. The minimum Gasteiger partial charge on any atom is -0.464 e. The van der Waals surface area contributed by atoms with Crippen molar-refractivity contribution in [1.82, 2.24) is 25.0 Å². The van der Waals surface area contributed by atoms with Crippen LogP contribution in [0.25, 0.3) is 0 Å². The summed E-state index contributed by atoms with van der Waals surface area (Å²) in [5, 5.41) is 14.9. The minimum absolute atomic E-state index is 0.180. The largest absolute Gasteiger partial charge is 0.464 e. The highest BCUT2D eigenvalue weighted by Gasteiger charge is 2.07. The zero-order chi connectivity index (χ0) is 13.7. The van der Waals surface area contributed by atoms with E-state index in [0.717, 1.165) is 5.82 Å². The number of hydrogen-bond acceptors (Lipinski definition) is 7. The molecule has 2 aromatic rings. The van der Waals surface area contributed by atoms with Gasteiger partial charge >= 0.3 is 5.97 Å². The molecule has 0 aromatic carbocycles. The van der Waals surface area contributed by atoms with Crippen molar-refractivity contribution in [3.63, 3.8) is 0 Å². The molecule has 0 bridgehead atoms. The van der Waals surface area contributed by atoms with Gasteiger partial charge in [0.05, 0.1) is 7.11 Å². The summed E-state index contributed by atoms with van der Waals surface area (Å²) in [4.78, 5) is 15.3. The molecule has 100 valence electrons. The van der Waals surface area contributed by atoms with Crippen LogP contribution in [0.3, 0.4) is 0 Å². The molecule has 0 aliphatic carbocycles. The standard InChI is InChI=1S/C11H14N6O2/c1-17-7-13-10(16-17)5-6-12-9-4-3-8(14-15-9)11(18)19-2/h3-4,7H,5-6H2,1-2H3,(H,12,15). The number of rotatable bonds is 5. The number of carbonyl (C=O) groups excluding carboxylic acids is 1. The first-order chi connectivity index (χ1) is 9.19. The molecule has 0 spiro atoms. The number of esters is 1. The van der Waals surface area contributed by atoms with Crippen LogP contribution in [0.1, 0.15) is 16.3 Å². The molecule has 0 amide bonds. The molecule has 0 saturated heterocycles. The molecule has 8 heteroatoms. The molecule has 0 aliphatic rings. The number of nitrogens with zero attached hydrogens (tertiary/aromatic N) is 5. The Hall–Kier alpha value is -2.51. The molecule has 0 unspecified atom stereocenters. The van der Waals surface area contributed by atoms with Gasteiger partial charge in [-0.25, -0.2) is 9.78 Å². The zero-order valence-electron chi connectivity index (χ0n) is 10.7. The number of hydrogen-bond donors (Lipinski definition) is 1. The van der Waals surface area contributed by atoms with Gasteiger partial charge in [-0.15, -0.1) is 10.2 Å². The van der Waals surface area contributed by atoms with Gasteiger partial charge in [-0.3, -0.25) is 4.68 Å². The van der Waals surface area contributed by atoms with E-state index in [1.165, 1.54) is 7.11 Å². The third-order valence-corrected chi connectivity index (χ3v) is 2.36. The van der Waals surface area contributed by atoms with Gasteiger partial charge in [-0.05, 0) is 12.1 Å². The summed E-state index contributed by atoms with van der Waals surface area (Å²) in [6, 6.07) is 3.23. The normalized spacial score (nSPS) is 10.2. The topological polar surface area (TPSA) is 94.8 Å². The molecular weight excluding hydrogens is 248 g/mol. The molecule has 8 nitrogen and oxygen atoms in total. The van der Waals surface area contributed by atoms with Gasteiger partial charge in [0.15, 0.2) is 11.5 Å². The van der Waals surface area contributed by atoms with Crippen LogP contribution < -0.4 is 5.32 Å². The quantitative estimate of drug-likeness (QED) is 0.760. The van der Waals surface area contributed by atoms with Crippen LogP contribution in [0.5, 0.6) is 0 Å². The molecule has 0 atom stereocenters. The molecule has 19 heavy (non-hydrogen) atoms. The fraction of sp³-hybridized carbons (Fsp3) is 0.364. The van der Waals surface area contributed by atoms with Gasteiger partial charge in [-0.1, -0.05) is 0 Å². The first kappa shape index (κ1) is 12.9. The van der Waals surface area contributed by atoms with E-state index in [-0.39, 0.29) is 5.69 Å². The van der Waals surface area contributed by atoms with E-state index < -0.39 is 5.97 Å². The van der Waals surface area contributed by atoms with Crippen molar-refractivity contribution < 1.29 is 9.53 Å². The Balaban J connectivity index is 1.84. The minimum atomic E-state index is -0.503. The van der Waals surface area contributed by atoms with Crippen molar-refractivity contribution in [2.24, 2.45) is 7.05 Å². The smallest absolute Gasteiger partial charge is 0.358 e. The lowest BCUT2D eigenvalue weighted by Crippen LogP contribution is -2.10. The fourth-order valence-corrected chi connectivity index (χ4v) is 1.44. The molecule has 2 aromatic heterocycles. The van der Waals surface area contributed by atoms with Gasteiger partial charge in [-0.2, -0.15) is 5.10 Å². The SMILES string of the molecule is COC(=O)c1ccc(NCCc2ncn(C)n2)nn1. The number of aromatic nitrogens is 5. The number of anilines is 1. The molecular formula is C11H14N6O2. The summed E-state index contributed by atoms with van der Waals surface area (Å²) in [5.41, 5.74) is 0.180.